The zero-order chi connectivity index (χ0) is 49.3. The average Bonchev–Trinajstić information content (AvgIpc) is 3.34. The van der Waals surface area contributed by atoms with Crippen LogP contribution in [0.15, 0.2) is 109 Å². The van der Waals surface area contributed by atoms with Crippen molar-refractivity contribution in [2.24, 2.45) is 0 Å². The Balaban J connectivity index is 4.56. The van der Waals surface area contributed by atoms with Crippen molar-refractivity contribution < 1.29 is 28.6 Å². The highest BCUT2D eigenvalue weighted by Gasteiger charge is 2.19. The Morgan fingerprint density at radius 2 is 0.588 bits per heavy atom. The molecule has 0 fully saturated rings. The Morgan fingerprint density at radius 3 is 0.956 bits per heavy atom. The number of carbonyl (C=O) groups is 3. The molecule has 0 heterocycles. The van der Waals surface area contributed by atoms with Gasteiger partial charge in [-0.2, -0.15) is 0 Å². The Morgan fingerprint density at radius 1 is 0.309 bits per heavy atom. The third-order valence-electron chi connectivity index (χ3n) is 11.5. The summed E-state index contributed by atoms with van der Waals surface area (Å²) in [5.74, 6) is -1.03. The molecular formula is C62H102O6. The van der Waals surface area contributed by atoms with E-state index in [0.717, 1.165) is 83.5 Å². The van der Waals surface area contributed by atoms with Gasteiger partial charge in [-0.1, -0.05) is 239 Å². The minimum atomic E-state index is -0.830. The van der Waals surface area contributed by atoms with Crippen LogP contribution in [-0.2, 0) is 28.6 Å². The summed E-state index contributed by atoms with van der Waals surface area (Å²) in [5.41, 5.74) is 0. The van der Waals surface area contributed by atoms with E-state index in [1.165, 1.54) is 109 Å². The van der Waals surface area contributed by atoms with Crippen molar-refractivity contribution in [1.29, 1.82) is 0 Å². The highest BCUT2D eigenvalue weighted by molar-refractivity contribution is 5.71. The molecule has 0 N–H and O–H groups in total. The summed E-state index contributed by atoms with van der Waals surface area (Å²) in [5, 5.41) is 0. The summed E-state index contributed by atoms with van der Waals surface area (Å²) in [6.45, 7) is 6.41. The fourth-order valence-corrected chi connectivity index (χ4v) is 7.35. The van der Waals surface area contributed by atoms with E-state index in [4.69, 9.17) is 14.2 Å². The van der Waals surface area contributed by atoms with Gasteiger partial charge in [0.2, 0.25) is 0 Å². The summed E-state index contributed by atoms with van der Waals surface area (Å²) in [7, 11) is 0. The van der Waals surface area contributed by atoms with Gasteiger partial charge < -0.3 is 14.2 Å². The van der Waals surface area contributed by atoms with Crippen LogP contribution < -0.4 is 0 Å². The van der Waals surface area contributed by atoms with E-state index in [1.807, 2.05) is 0 Å². The third-order valence-corrected chi connectivity index (χ3v) is 11.5. The Kier molecular flexibility index (Phi) is 52.4. The fourth-order valence-electron chi connectivity index (χ4n) is 7.35. The Hall–Kier alpha value is -3.93. The molecule has 0 rings (SSSR count). The van der Waals surface area contributed by atoms with Gasteiger partial charge in [0.1, 0.15) is 13.2 Å². The molecule has 6 heteroatoms. The van der Waals surface area contributed by atoms with Crippen molar-refractivity contribution in [2.75, 3.05) is 13.2 Å². The van der Waals surface area contributed by atoms with Gasteiger partial charge in [-0.15, -0.1) is 0 Å². The number of hydrogen-bond acceptors (Lipinski definition) is 6. The van der Waals surface area contributed by atoms with Gasteiger partial charge in [0.15, 0.2) is 6.10 Å². The van der Waals surface area contributed by atoms with Crippen molar-refractivity contribution in [3.05, 3.63) is 109 Å². The lowest BCUT2D eigenvalue weighted by atomic mass is 10.0. The minimum Gasteiger partial charge on any atom is -0.462 e. The predicted octanol–water partition coefficient (Wildman–Crippen LogP) is 18.7. The van der Waals surface area contributed by atoms with Gasteiger partial charge >= 0.3 is 17.9 Å². The van der Waals surface area contributed by atoms with Crippen LogP contribution in [0.2, 0.25) is 0 Å². The molecule has 0 aliphatic carbocycles. The summed E-state index contributed by atoms with van der Waals surface area (Å²) in [4.78, 5) is 38.1. The molecule has 0 aliphatic rings. The van der Waals surface area contributed by atoms with Crippen LogP contribution in [0, 0.1) is 0 Å². The molecule has 6 nitrogen and oxygen atoms in total. The first-order chi connectivity index (χ1) is 33.5. The second kappa shape index (κ2) is 55.7. The monoisotopic (exact) mass is 943 g/mol. The van der Waals surface area contributed by atoms with Gasteiger partial charge in [-0.25, -0.2) is 0 Å². The third kappa shape index (κ3) is 53.0. The normalized spacial score (nSPS) is 12.9. The summed E-state index contributed by atoms with van der Waals surface area (Å²) in [6, 6.07) is 0. The number of rotatable bonds is 49. The van der Waals surface area contributed by atoms with Crippen molar-refractivity contribution in [3.8, 4) is 0 Å². The lowest BCUT2D eigenvalue weighted by Gasteiger charge is -2.18. The molecule has 0 aliphatic heterocycles. The molecule has 386 valence electrons. The maximum atomic E-state index is 12.8. The molecule has 0 spiro atoms. The quantitative estimate of drug-likeness (QED) is 0.0262. The molecule has 68 heavy (non-hydrogen) atoms. The van der Waals surface area contributed by atoms with E-state index in [2.05, 4.69) is 130 Å². The number of esters is 3. The number of ether oxygens (including phenoxy) is 3. The largest absolute Gasteiger partial charge is 0.462 e. The van der Waals surface area contributed by atoms with Crippen LogP contribution in [0.4, 0.5) is 0 Å². The molecule has 0 unspecified atom stereocenters. The first-order valence-corrected chi connectivity index (χ1v) is 27.9. The Bertz CT molecular complexity index is 1410. The van der Waals surface area contributed by atoms with E-state index in [0.29, 0.717) is 19.3 Å². The van der Waals surface area contributed by atoms with Crippen LogP contribution in [0.5, 0.6) is 0 Å². The molecule has 1 atom stereocenters. The van der Waals surface area contributed by atoms with Crippen molar-refractivity contribution >= 4 is 17.9 Å². The predicted molar refractivity (Wildman–Crippen MR) is 293 cm³/mol. The van der Waals surface area contributed by atoms with Gasteiger partial charge in [0.05, 0.1) is 0 Å². The zero-order valence-electron chi connectivity index (χ0n) is 44.1. The molecular weight excluding hydrogens is 841 g/mol. The maximum Gasteiger partial charge on any atom is 0.306 e. The molecule has 0 amide bonds. The van der Waals surface area contributed by atoms with Gasteiger partial charge in [0, 0.05) is 19.3 Å². The SMILES string of the molecule is CC/C=C/C/C=C/C/C=C/C/C=C/C/C=C/CCCC(=O)OC[C@@H](COC(=O)CCCCCCCCCCCCCCCCCC)OC(=O)CCC/C=C/C/C=C/C/C=C/C/C=C/CCCCC. The highest BCUT2D eigenvalue weighted by Crippen LogP contribution is 2.15. The van der Waals surface area contributed by atoms with Gasteiger partial charge in [-0.3, -0.25) is 14.4 Å². The number of allylic oxidation sites excluding steroid dienone is 18. The smallest absolute Gasteiger partial charge is 0.306 e. The second-order valence-corrected chi connectivity index (χ2v) is 18.1. The Labute approximate surface area is 419 Å². The zero-order valence-corrected chi connectivity index (χ0v) is 44.1. The van der Waals surface area contributed by atoms with Crippen molar-refractivity contribution in [3.63, 3.8) is 0 Å². The maximum absolute atomic E-state index is 12.8. The topological polar surface area (TPSA) is 78.9 Å². The van der Waals surface area contributed by atoms with Crippen LogP contribution in [0.25, 0.3) is 0 Å². The first kappa shape index (κ1) is 64.1. The van der Waals surface area contributed by atoms with Gasteiger partial charge in [0.25, 0.3) is 0 Å². The van der Waals surface area contributed by atoms with E-state index in [-0.39, 0.29) is 44.0 Å². The number of unbranched alkanes of at least 4 members (excludes halogenated alkanes) is 20. The molecule has 0 bridgehead atoms. The molecule has 0 radical (unpaired) electrons. The summed E-state index contributed by atoms with van der Waals surface area (Å²) < 4.78 is 16.7. The minimum absolute atomic E-state index is 0.117. The van der Waals surface area contributed by atoms with Crippen LogP contribution in [-0.4, -0.2) is 37.2 Å². The first-order valence-electron chi connectivity index (χ1n) is 27.9. The van der Waals surface area contributed by atoms with Crippen molar-refractivity contribution in [1.82, 2.24) is 0 Å². The molecule has 0 aromatic heterocycles. The van der Waals surface area contributed by atoms with Crippen LogP contribution >= 0.6 is 0 Å². The van der Waals surface area contributed by atoms with E-state index < -0.39 is 6.10 Å². The van der Waals surface area contributed by atoms with E-state index >= 15 is 0 Å². The lowest BCUT2D eigenvalue weighted by Crippen LogP contribution is -2.30. The average molecular weight is 943 g/mol. The van der Waals surface area contributed by atoms with E-state index in [9.17, 15) is 14.4 Å². The molecule has 0 saturated carbocycles. The fraction of sp³-hybridized carbons (Fsp3) is 0.661. The molecule has 0 aromatic rings. The molecule has 0 aromatic carbocycles. The molecule has 0 saturated heterocycles. The summed E-state index contributed by atoms with van der Waals surface area (Å²) >= 11 is 0. The van der Waals surface area contributed by atoms with Crippen molar-refractivity contribution in [2.45, 2.75) is 252 Å². The van der Waals surface area contributed by atoms with Crippen LogP contribution in [0.3, 0.4) is 0 Å². The summed E-state index contributed by atoms with van der Waals surface area (Å²) in [6.07, 6.45) is 75.1. The van der Waals surface area contributed by atoms with E-state index in [1.54, 1.807) is 0 Å². The van der Waals surface area contributed by atoms with Gasteiger partial charge in [-0.05, 0) is 96.3 Å². The number of carbonyl (C=O) groups excluding carboxylic acids is 3. The number of hydrogen-bond donors (Lipinski definition) is 0. The van der Waals surface area contributed by atoms with Crippen LogP contribution in [0.1, 0.15) is 245 Å². The highest BCUT2D eigenvalue weighted by atomic mass is 16.6. The standard InChI is InChI=1S/C62H102O6/c1-4-7-10-13-16-19-22-25-28-31-34-37-40-43-46-49-52-55-61(64)67-58-59(57-66-60(63)54-51-48-45-42-39-36-33-30-27-24-21-18-15-12-9-6-3)68-62(65)56-53-50-47-44-41-38-35-32-29-26-23-20-17-14-11-8-5-2/h7,10,16-17,19-20,25-26,28-29,34-35,37-38,43-44,46-47,59H,4-6,8-9,11-15,18,21-24,27,30-33,36,39-42,45,48-58H2,1-3H3/b10-7+,19-16+,20-17+,28-25+,29-26+,37-34+,38-35+,46-43+,47-44+/t59-/m1/s1. The lowest BCUT2D eigenvalue weighted by molar-refractivity contribution is -0.167. The second-order valence-electron chi connectivity index (χ2n) is 18.1.